The largest absolute Gasteiger partial charge is 3.00 e. The van der Waals surface area contributed by atoms with Gasteiger partial charge in [0.15, 0.2) is 0 Å². The third-order valence-electron chi connectivity index (χ3n) is 0.289. The van der Waals surface area contributed by atoms with Gasteiger partial charge in [0.1, 0.15) is 0 Å². The second-order valence-electron chi connectivity index (χ2n) is 0.908. The number of hydrogen-bond acceptors (Lipinski definition) is 5. The molecule has 0 aliphatic carbocycles. The maximum Gasteiger partial charge on any atom is 3.00 e. The van der Waals surface area contributed by atoms with Crippen molar-refractivity contribution >= 4 is 18.3 Å². The molecule has 14 heteroatoms. The van der Waals surface area contributed by atoms with E-state index in [1.54, 1.807) is 0 Å². The molecule has 96 valence electrons. The first-order valence-electron chi connectivity index (χ1n) is 1.24. The summed E-state index contributed by atoms with van der Waals surface area (Å²) in [7, 11) is -9.90. The van der Waals surface area contributed by atoms with Crippen molar-refractivity contribution in [3.63, 3.8) is 0 Å². The van der Waals surface area contributed by atoms with Gasteiger partial charge in [0, 0.05) is 0 Å². The summed E-state index contributed by atoms with van der Waals surface area (Å²) < 4.78 is 49.7. The Morgan fingerprint density at radius 3 is 0.714 bits per heavy atom. The molecule has 0 atom stereocenters. The molecule has 0 rings (SSSR count). The van der Waals surface area contributed by atoms with Gasteiger partial charge in [0.2, 0.25) is 0 Å². The predicted octanol–water partition coefficient (Wildman–Crippen LogP) is 0.0381. The SMILES string of the molecule is N.O=S(=O)([OH2+])S(=O)(=O)[OH2+].[Co+3].[NH2-].[NH2-].[NH2-].[NH2-]. The van der Waals surface area contributed by atoms with E-state index in [4.69, 9.17) is 9.11 Å². The zero-order valence-electron chi connectivity index (χ0n) is 6.80. The van der Waals surface area contributed by atoms with Gasteiger partial charge in [-0.15, -0.1) is 16.8 Å². The zero-order valence-corrected chi connectivity index (χ0v) is 9.47. The number of rotatable bonds is 1. The van der Waals surface area contributed by atoms with Crippen molar-refractivity contribution in [2.24, 2.45) is 0 Å². The molecular weight excluding hydrogens is 289 g/mol. The van der Waals surface area contributed by atoms with Gasteiger partial charge in [-0.05, 0) is 0 Å². The molecule has 0 heterocycles. The van der Waals surface area contributed by atoms with E-state index in [0.29, 0.717) is 0 Å². The fourth-order valence-electron chi connectivity index (χ4n) is 0. The predicted molar refractivity (Wildman–Crippen MR) is 51.2 cm³/mol. The Morgan fingerprint density at radius 2 is 0.714 bits per heavy atom. The van der Waals surface area contributed by atoms with Gasteiger partial charge in [-0.25, -0.2) is 0 Å². The minimum absolute atomic E-state index is 0. The first kappa shape index (κ1) is 47.9. The Hall–Kier alpha value is 0.126. The third-order valence-corrected chi connectivity index (χ3v) is 2.60. The molecule has 0 aliphatic heterocycles. The van der Waals surface area contributed by atoms with Crippen LogP contribution >= 0.6 is 0 Å². The van der Waals surface area contributed by atoms with Crippen molar-refractivity contribution in [2.75, 3.05) is 0 Å². The van der Waals surface area contributed by atoms with Crippen LogP contribution in [0.5, 0.6) is 0 Å². The zero-order chi connectivity index (χ0) is 7.00. The molecule has 0 saturated heterocycles. The van der Waals surface area contributed by atoms with Crippen LogP contribution in [0.3, 0.4) is 0 Å². The summed E-state index contributed by atoms with van der Waals surface area (Å²) in [5.74, 6) is 0. The molecule has 0 bridgehead atoms. The summed E-state index contributed by atoms with van der Waals surface area (Å²) >= 11 is 0. The quantitative estimate of drug-likeness (QED) is 0.516. The van der Waals surface area contributed by atoms with Crippen LogP contribution in [0.4, 0.5) is 0 Å². The molecule has 0 spiro atoms. The Labute approximate surface area is 92.0 Å². The molecule has 0 radical (unpaired) electrons. The topological polar surface area (TPSA) is 283 Å². The Balaban J connectivity index is -0.0000000163. The van der Waals surface area contributed by atoms with Gasteiger partial charge < -0.3 is 39.9 Å². The van der Waals surface area contributed by atoms with Crippen molar-refractivity contribution in [1.82, 2.24) is 6.15 Å². The summed E-state index contributed by atoms with van der Waals surface area (Å²) in [4.78, 5) is 0. The van der Waals surface area contributed by atoms with E-state index in [1.807, 2.05) is 0 Å². The summed E-state index contributed by atoms with van der Waals surface area (Å²) in [5.41, 5.74) is 0. The molecule has 15 N–H and O–H groups in total. The molecular formula is H15CoN5O6S2+. The normalized spacial score (nSPS) is 7.86. The van der Waals surface area contributed by atoms with Crippen LogP contribution in [-0.4, -0.2) is 25.9 Å². The average molecular weight is 304 g/mol. The first-order valence-corrected chi connectivity index (χ1v) is 4.72. The van der Waals surface area contributed by atoms with Crippen LogP contribution in [0.2, 0.25) is 0 Å². The summed E-state index contributed by atoms with van der Waals surface area (Å²) in [6.45, 7) is 0. The van der Waals surface area contributed by atoms with Crippen LogP contribution in [-0.2, 0) is 35.1 Å². The fraction of sp³-hybridized carbons (Fsp3) is 0. The molecule has 0 amide bonds. The fourth-order valence-corrected chi connectivity index (χ4v) is 0. The van der Waals surface area contributed by atoms with Crippen molar-refractivity contribution < 1.29 is 42.7 Å². The van der Waals surface area contributed by atoms with Crippen LogP contribution in [0.15, 0.2) is 0 Å². The van der Waals surface area contributed by atoms with E-state index in [1.165, 1.54) is 0 Å². The Morgan fingerprint density at radius 1 is 0.643 bits per heavy atom. The second-order valence-corrected chi connectivity index (χ2v) is 5.36. The summed E-state index contributed by atoms with van der Waals surface area (Å²) in [5, 5.41) is 0. The van der Waals surface area contributed by atoms with E-state index < -0.39 is 18.3 Å². The van der Waals surface area contributed by atoms with Crippen molar-refractivity contribution in [3.05, 3.63) is 24.6 Å². The monoisotopic (exact) mass is 304 g/mol. The molecule has 0 fully saturated rings. The van der Waals surface area contributed by atoms with Gasteiger partial charge >= 0.3 is 35.1 Å². The van der Waals surface area contributed by atoms with Crippen molar-refractivity contribution in [2.45, 2.75) is 0 Å². The van der Waals surface area contributed by atoms with Crippen LogP contribution in [0.1, 0.15) is 0 Å². The van der Waals surface area contributed by atoms with Crippen molar-refractivity contribution in [3.8, 4) is 0 Å². The maximum atomic E-state index is 9.54. The summed E-state index contributed by atoms with van der Waals surface area (Å²) in [6, 6.07) is 0. The van der Waals surface area contributed by atoms with Crippen molar-refractivity contribution in [1.29, 1.82) is 0 Å². The van der Waals surface area contributed by atoms with E-state index >= 15 is 0 Å². The van der Waals surface area contributed by atoms with E-state index in [0.717, 1.165) is 0 Å². The van der Waals surface area contributed by atoms with Gasteiger partial charge in [0.05, 0.1) is 0 Å². The van der Waals surface area contributed by atoms with E-state index in [2.05, 4.69) is 0 Å². The first-order chi connectivity index (χ1) is 3.25. The second kappa shape index (κ2) is 13.1. The standard InChI is InChI=1S/Co.H3N.4H2N.H2O6S2/c;;;;;;1-7(2,3)8(4,5)6/h;1H3;4*1H2;(H,1,2,3)(H,4,5,6)/q+3;;4*-1;/p+2. The Kier molecular flexibility index (Phi) is 44.9. The van der Waals surface area contributed by atoms with Crippen LogP contribution in [0.25, 0.3) is 24.6 Å². The minimum Gasteiger partial charge on any atom is -0.693 e. The van der Waals surface area contributed by atoms with Gasteiger partial charge in [-0.3, -0.25) is 0 Å². The molecule has 0 aromatic heterocycles. The van der Waals surface area contributed by atoms with Gasteiger partial charge in [-0.2, -0.15) is 0 Å². The molecule has 0 unspecified atom stereocenters. The smallest absolute Gasteiger partial charge is 0.693 e. The molecule has 0 saturated carbocycles. The van der Waals surface area contributed by atoms with Crippen LogP contribution < -0.4 is 6.15 Å². The average Bonchev–Trinajstić information content (AvgIpc) is 1.25. The maximum absolute atomic E-state index is 9.54. The minimum atomic E-state index is -4.95. The Bertz CT molecular complexity index is 237. The summed E-state index contributed by atoms with van der Waals surface area (Å²) in [6.07, 6.45) is 0. The van der Waals surface area contributed by atoms with Gasteiger partial charge in [0.25, 0.3) is 0 Å². The molecule has 0 aliphatic rings. The molecule has 0 aromatic carbocycles. The van der Waals surface area contributed by atoms with Gasteiger partial charge in [-0.1, -0.05) is 0 Å². The third kappa shape index (κ3) is 18.0. The molecule has 11 nitrogen and oxygen atoms in total. The molecule has 14 heavy (non-hydrogen) atoms. The molecule has 0 aromatic rings. The van der Waals surface area contributed by atoms with E-state index in [9.17, 15) is 16.8 Å². The van der Waals surface area contributed by atoms with E-state index in [-0.39, 0.29) is 47.5 Å². The number of hydrogen-bond donors (Lipinski definition) is 1. The number of nitrogens with two attached hydrogens (primary N) is 4. The van der Waals surface area contributed by atoms with Crippen LogP contribution in [0, 0.1) is 0 Å².